The number of hydrogen-bond donors (Lipinski definition) is 1. The van der Waals surface area contributed by atoms with Crippen LogP contribution >= 0.6 is 11.6 Å². The summed E-state index contributed by atoms with van der Waals surface area (Å²) in [6.45, 7) is 3.27. The largest absolute Gasteiger partial charge is 0.368 e. The van der Waals surface area contributed by atoms with E-state index in [1.54, 1.807) is 0 Å². The molecule has 26 heavy (non-hydrogen) atoms. The molecule has 2 aromatic carbocycles. The summed E-state index contributed by atoms with van der Waals surface area (Å²) in [6, 6.07) is 16.1. The lowest BCUT2D eigenvalue weighted by atomic mass is 10.1. The van der Waals surface area contributed by atoms with Crippen molar-refractivity contribution >= 4 is 34.1 Å². The number of aromatic amines is 1. The van der Waals surface area contributed by atoms with Gasteiger partial charge in [-0.2, -0.15) is 0 Å². The van der Waals surface area contributed by atoms with Crippen molar-refractivity contribution in [2.24, 2.45) is 0 Å². The SMILES string of the molecule is O=C(CCc1c[nH]c2ccccc12)N1CCN(c2ccc(Cl)cc2)CC1. The van der Waals surface area contributed by atoms with Crippen molar-refractivity contribution in [2.75, 3.05) is 31.1 Å². The molecule has 1 amide bonds. The van der Waals surface area contributed by atoms with Gasteiger partial charge in [0.05, 0.1) is 0 Å². The first kappa shape index (κ1) is 17.0. The first-order valence-corrected chi connectivity index (χ1v) is 9.42. The highest BCUT2D eigenvalue weighted by Gasteiger charge is 2.21. The topological polar surface area (TPSA) is 39.3 Å². The minimum Gasteiger partial charge on any atom is -0.368 e. The van der Waals surface area contributed by atoms with Crippen LogP contribution in [0.2, 0.25) is 5.02 Å². The Morgan fingerprint density at radius 2 is 1.73 bits per heavy atom. The number of anilines is 1. The van der Waals surface area contributed by atoms with Gasteiger partial charge in [-0.3, -0.25) is 4.79 Å². The maximum absolute atomic E-state index is 12.6. The molecule has 0 saturated carbocycles. The van der Waals surface area contributed by atoms with Crippen molar-refractivity contribution < 1.29 is 4.79 Å². The normalized spacial score (nSPS) is 14.8. The van der Waals surface area contributed by atoms with Crippen molar-refractivity contribution in [2.45, 2.75) is 12.8 Å². The monoisotopic (exact) mass is 367 g/mol. The Hall–Kier alpha value is -2.46. The fourth-order valence-corrected chi connectivity index (χ4v) is 3.73. The molecule has 0 radical (unpaired) electrons. The Morgan fingerprint density at radius 3 is 2.50 bits per heavy atom. The van der Waals surface area contributed by atoms with E-state index in [2.05, 4.69) is 22.0 Å². The molecule has 1 saturated heterocycles. The number of halogens is 1. The molecule has 1 aliphatic heterocycles. The van der Waals surface area contributed by atoms with Gasteiger partial charge in [-0.1, -0.05) is 29.8 Å². The van der Waals surface area contributed by atoms with Crippen LogP contribution in [0.1, 0.15) is 12.0 Å². The standard InChI is InChI=1S/C21H22ClN3O/c22-17-6-8-18(9-7-17)24-11-13-25(14-12-24)21(26)10-5-16-15-23-20-4-2-1-3-19(16)20/h1-4,6-9,15,23H,5,10-14H2. The number of benzene rings is 2. The fraction of sp³-hybridized carbons (Fsp3) is 0.286. The van der Waals surface area contributed by atoms with Crippen LogP contribution in [0.4, 0.5) is 5.69 Å². The maximum atomic E-state index is 12.6. The second kappa shape index (κ2) is 7.42. The van der Waals surface area contributed by atoms with E-state index in [-0.39, 0.29) is 5.91 Å². The van der Waals surface area contributed by atoms with E-state index in [1.807, 2.05) is 47.5 Å². The zero-order valence-electron chi connectivity index (χ0n) is 14.6. The van der Waals surface area contributed by atoms with Crippen molar-refractivity contribution in [3.05, 3.63) is 65.3 Å². The molecule has 0 aliphatic carbocycles. The molecule has 134 valence electrons. The van der Waals surface area contributed by atoms with Crippen LogP contribution in [0.15, 0.2) is 54.7 Å². The van der Waals surface area contributed by atoms with Crippen LogP contribution < -0.4 is 4.90 Å². The summed E-state index contributed by atoms with van der Waals surface area (Å²) in [5, 5.41) is 1.97. The van der Waals surface area contributed by atoms with Crippen molar-refractivity contribution in [1.29, 1.82) is 0 Å². The number of hydrogen-bond acceptors (Lipinski definition) is 2. The summed E-state index contributed by atoms with van der Waals surface area (Å²) in [6.07, 6.45) is 3.36. The number of amides is 1. The van der Waals surface area contributed by atoms with Gasteiger partial charge < -0.3 is 14.8 Å². The lowest BCUT2D eigenvalue weighted by Crippen LogP contribution is -2.48. The van der Waals surface area contributed by atoms with Crippen molar-refractivity contribution in [3.63, 3.8) is 0 Å². The van der Waals surface area contributed by atoms with Gasteiger partial charge in [-0.25, -0.2) is 0 Å². The number of carbonyl (C=O) groups excluding carboxylic acids is 1. The van der Waals surface area contributed by atoms with E-state index < -0.39 is 0 Å². The van der Waals surface area contributed by atoms with Gasteiger partial charge in [0.15, 0.2) is 0 Å². The lowest BCUT2D eigenvalue weighted by Gasteiger charge is -2.36. The van der Waals surface area contributed by atoms with Crippen molar-refractivity contribution in [3.8, 4) is 0 Å². The molecule has 1 N–H and O–H groups in total. The summed E-state index contributed by atoms with van der Waals surface area (Å²) < 4.78 is 0. The van der Waals surface area contributed by atoms with Crippen molar-refractivity contribution in [1.82, 2.24) is 9.88 Å². The average Bonchev–Trinajstić information content (AvgIpc) is 3.10. The molecule has 0 bridgehead atoms. The minimum atomic E-state index is 0.242. The van der Waals surface area contributed by atoms with Gasteiger partial charge in [-0.05, 0) is 42.3 Å². The van der Waals surface area contributed by atoms with Gasteiger partial charge in [-0.15, -0.1) is 0 Å². The van der Waals surface area contributed by atoms with Gasteiger partial charge in [0.2, 0.25) is 5.91 Å². The number of fused-ring (bicyclic) bond motifs is 1. The van der Waals surface area contributed by atoms with Gasteiger partial charge in [0.1, 0.15) is 0 Å². The Labute approximate surface area is 158 Å². The highest BCUT2D eigenvalue weighted by atomic mass is 35.5. The summed E-state index contributed by atoms with van der Waals surface area (Å²) in [5.74, 6) is 0.242. The van der Waals surface area contributed by atoms with Crippen LogP contribution in [0, 0.1) is 0 Å². The predicted molar refractivity (Wildman–Crippen MR) is 107 cm³/mol. The molecular weight excluding hydrogens is 346 g/mol. The third-order valence-corrected chi connectivity index (χ3v) is 5.36. The van der Waals surface area contributed by atoms with Crippen LogP contribution in [0.3, 0.4) is 0 Å². The van der Waals surface area contributed by atoms with Crippen LogP contribution in [0.5, 0.6) is 0 Å². The second-order valence-electron chi connectivity index (χ2n) is 6.70. The molecule has 4 nitrogen and oxygen atoms in total. The van der Waals surface area contributed by atoms with E-state index in [0.29, 0.717) is 6.42 Å². The fourth-order valence-electron chi connectivity index (χ4n) is 3.60. The number of carbonyl (C=O) groups is 1. The maximum Gasteiger partial charge on any atom is 0.223 e. The molecule has 4 rings (SSSR count). The molecule has 1 aromatic heterocycles. The van der Waals surface area contributed by atoms with E-state index in [9.17, 15) is 4.79 Å². The Bertz CT molecular complexity index is 895. The third kappa shape index (κ3) is 3.56. The molecule has 1 aliphatic rings. The number of rotatable bonds is 4. The minimum absolute atomic E-state index is 0.242. The number of aromatic nitrogens is 1. The van der Waals surface area contributed by atoms with E-state index >= 15 is 0 Å². The third-order valence-electron chi connectivity index (χ3n) is 5.11. The molecule has 0 atom stereocenters. The molecule has 3 aromatic rings. The van der Waals surface area contributed by atoms with E-state index in [0.717, 1.165) is 43.1 Å². The first-order chi connectivity index (χ1) is 12.7. The van der Waals surface area contributed by atoms with Crippen LogP contribution in [0.25, 0.3) is 10.9 Å². The number of nitrogens with one attached hydrogen (secondary N) is 1. The average molecular weight is 368 g/mol. The predicted octanol–water partition coefficient (Wildman–Crippen LogP) is 4.10. The highest BCUT2D eigenvalue weighted by Crippen LogP contribution is 2.21. The number of nitrogens with zero attached hydrogens (tertiary/aromatic N) is 2. The smallest absolute Gasteiger partial charge is 0.223 e. The number of aryl methyl sites for hydroxylation is 1. The van der Waals surface area contributed by atoms with Crippen LogP contribution in [-0.2, 0) is 11.2 Å². The van der Waals surface area contributed by atoms with E-state index in [4.69, 9.17) is 11.6 Å². The summed E-state index contributed by atoms with van der Waals surface area (Å²) in [5.41, 5.74) is 3.51. The zero-order valence-corrected chi connectivity index (χ0v) is 15.4. The molecule has 2 heterocycles. The second-order valence-corrected chi connectivity index (χ2v) is 7.14. The Kier molecular flexibility index (Phi) is 4.85. The quantitative estimate of drug-likeness (QED) is 0.754. The van der Waals surface area contributed by atoms with Gasteiger partial charge >= 0.3 is 0 Å². The lowest BCUT2D eigenvalue weighted by molar-refractivity contribution is -0.131. The Morgan fingerprint density at radius 1 is 1.00 bits per heavy atom. The van der Waals surface area contributed by atoms with Gasteiger partial charge in [0, 0.05) is 60.4 Å². The summed E-state index contributed by atoms with van der Waals surface area (Å²) >= 11 is 5.96. The summed E-state index contributed by atoms with van der Waals surface area (Å²) in [7, 11) is 0. The first-order valence-electron chi connectivity index (χ1n) is 9.04. The number of para-hydroxylation sites is 1. The number of piperazine rings is 1. The number of H-pyrrole nitrogens is 1. The molecule has 5 heteroatoms. The van der Waals surface area contributed by atoms with Crippen LogP contribution in [-0.4, -0.2) is 42.0 Å². The molecule has 0 unspecified atom stereocenters. The zero-order chi connectivity index (χ0) is 17.9. The Balaban J connectivity index is 1.31. The van der Waals surface area contributed by atoms with E-state index in [1.165, 1.54) is 16.6 Å². The summed E-state index contributed by atoms with van der Waals surface area (Å²) in [4.78, 5) is 20.2. The van der Waals surface area contributed by atoms with Gasteiger partial charge in [0.25, 0.3) is 0 Å². The molecular formula is C21H22ClN3O. The molecule has 1 fully saturated rings. The highest BCUT2D eigenvalue weighted by molar-refractivity contribution is 6.30. The molecule has 0 spiro atoms.